The summed E-state index contributed by atoms with van der Waals surface area (Å²) in [4.78, 5) is 0. The molecule has 1 aromatic rings. The second-order valence-corrected chi connectivity index (χ2v) is 3.38. The summed E-state index contributed by atoms with van der Waals surface area (Å²) in [5.74, 6) is 0. The summed E-state index contributed by atoms with van der Waals surface area (Å²) in [6.07, 6.45) is -1.44. The van der Waals surface area contributed by atoms with Gasteiger partial charge in [0.1, 0.15) is 0 Å². The van der Waals surface area contributed by atoms with Gasteiger partial charge in [0.15, 0.2) is 0 Å². The van der Waals surface area contributed by atoms with E-state index in [1.807, 2.05) is 24.3 Å². The topological polar surface area (TPSA) is 38.0 Å². The summed E-state index contributed by atoms with van der Waals surface area (Å²) in [6.45, 7) is 0.848. The van der Waals surface area contributed by atoms with Crippen LogP contribution in [0.1, 0.15) is 11.1 Å². The largest absolute Gasteiger partial charge is 0.330 e. The molecule has 1 aromatic carbocycles. The summed E-state index contributed by atoms with van der Waals surface area (Å²) in [6, 6.07) is 7.82. The third-order valence-corrected chi connectivity index (χ3v) is 2.08. The van der Waals surface area contributed by atoms with Gasteiger partial charge in [-0.25, -0.2) is 8.78 Å². The zero-order valence-corrected chi connectivity index (χ0v) is 8.55. The molecule has 0 aliphatic rings. The molecule has 0 unspecified atom stereocenters. The van der Waals surface area contributed by atoms with Gasteiger partial charge in [0.05, 0.1) is 6.54 Å². The Morgan fingerprint density at radius 1 is 1.13 bits per heavy atom. The fourth-order valence-electron chi connectivity index (χ4n) is 1.32. The number of alkyl halides is 2. The molecule has 0 amide bonds. The first kappa shape index (κ1) is 12.1. The quantitative estimate of drug-likeness (QED) is 0.754. The number of rotatable bonds is 6. The van der Waals surface area contributed by atoms with E-state index in [9.17, 15) is 8.78 Å². The third-order valence-electron chi connectivity index (χ3n) is 2.08. The Hall–Kier alpha value is -1.00. The number of nitrogens with two attached hydrogens (primary N) is 1. The molecule has 0 fully saturated rings. The number of benzene rings is 1. The van der Waals surface area contributed by atoms with Crippen LogP contribution in [0.5, 0.6) is 0 Å². The van der Waals surface area contributed by atoms with Crippen LogP contribution in [0.2, 0.25) is 0 Å². The van der Waals surface area contributed by atoms with E-state index in [0.717, 1.165) is 12.0 Å². The Morgan fingerprint density at radius 3 is 2.27 bits per heavy atom. The molecule has 1 rings (SSSR count). The molecular weight excluding hydrogens is 198 g/mol. The Bertz CT molecular complexity index is 272. The van der Waals surface area contributed by atoms with Gasteiger partial charge in [-0.3, -0.25) is 0 Å². The highest BCUT2D eigenvalue weighted by molar-refractivity contribution is 5.22. The Morgan fingerprint density at radius 2 is 1.73 bits per heavy atom. The van der Waals surface area contributed by atoms with E-state index in [2.05, 4.69) is 5.32 Å². The van der Waals surface area contributed by atoms with Gasteiger partial charge in [-0.05, 0) is 24.1 Å². The Labute approximate surface area is 88.5 Å². The Kier molecular flexibility index (Phi) is 5.21. The fourth-order valence-corrected chi connectivity index (χ4v) is 1.32. The maximum absolute atomic E-state index is 11.8. The smallest absolute Gasteiger partial charge is 0.250 e. The summed E-state index contributed by atoms with van der Waals surface area (Å²) < 4.78 is 23.7. The lowest BCUT2D eigenvalue weighted by molar-refractivity contribution is 0.145. The van der Waals surface area contributed by atoms with Crippen molar-refractivity contribution < 1.29 is 8.78 Å². The maximum Gasteiger partial charge on any atom is 0.250 e. The highest BCUT2D eigenvalue weighted by Crippen LogP contribution is 2.04. The zero-order valence-electron chi connectivity index (χ0n) is 8.55. The SMILES string of the molecule is NCCc1ccc(CNCC(F)F)cc1. The first-order chi connectivity index (χ1) is 7.22. The molecule has 0 aliphatic heterocycles. The second-order valence-electron chi connectivity index (χ2n) is 3.38. The van der Waals surface area contributed by atoms with Crippen LogP contribution in [-0.2, 0) is 13.0 Å². The van der Waals surface area contributed by atoms with Crippen molar-refractivity contribution in [2.45, 2.75) is 19.4 Å². The van der Waals surface area contributed by atoms with E-state index in [4.69, 9.17) is 5.73 Å². The van der Waals surface area contributed by atoms with Crippen molar-refractivity contribution in [1.29, 1.82) is 0 Å². The van der Waals surface area contributed by atoms with E-state index in [-0.39, 0.29) is 6.54 Å². The predicted molar refractivity (Wildman–Crippen MR) is 56.9 cm³/mol. The van der Waals surface area contributed by atoms with Crippen LogP contribution >= 0.6 is 0 Å². The average Bonchev–Trinajstić information content (AvgIpc) is 2.20. The van der Waals surface area contributed by atoms with Crippen molar-refractivity contribution in [1.82, 2.24) is 5.32 Å². The van der Waals surface area contributed by atoms with Crippen molar-refractivity contribution in [3.63, 3.8) is 0 Å². The molecule has 3 N–H and O–H groups in total. The molecule has 84 valence electrons. The Balaban J connectivity index is 2.36. The molecule has 2 nitrogen and oxygen atoms in total. The zero-order chi connectivity index (χ0) is 11.1. The van der Waals surface area contributed by atoms with Crippen LogP contribution in [-0.4, -0.2) is 19.5 Å². The van der Waals surface area contributed by atoms with Crippen LogP contribution in [0.4, 0.5) is 8.78 Å². The molecule has 4 heteroatoms. The molecule has 0 heterocycles. The lowest BCUT2D eigenvalue weighted by atomic mass is 10.1. The summed E-state index contributed by atoms with van der Waals surface area (Å²) in [5, 5.41) is 2.68. The van der Waals surface area contributed by atoms with Crippen LogP contribution < -0.4 is 11.1 Å². The van der Waals surface area contributed by atoms with Gasteiger partial charge in [0.25, 0.3) is 6.43 Å². The number of halogens is 2. The second kappa shape index (κ2) is 6.48. The van der Waals surface area contributed by atoms with E-state index in [1.54, 1.807) is 0 Å². The first-order valence-corrected chi connectivity index (χ1v) is 4.99. The molecule has 0 bridgehead atoms. The number of hydrogen-bond donors (Lipinski definition) is 2. The summed E-state index contributed by atoms with van der Waals surface area (Å²) in [5.41, 5.74) is 7.60. The van der Waals surface area contributed by atoms with E-state index in [1.165, 1.54) is 5.56 Å². The summed E-state index contributed by atoms with van der Waals surface area (Å²) >= 11 is 0. The van der Waals surface area contributed by atoms with Crippen molar-refractivity contribution in [2.24, 2.45) is 5.73 Å². The lowest BCUT2D eigenvalue weighted by Gasteiger charge is -2.05. The molecule has 0 spiro atoms. The van der Waals surface area contributed by atoms with E-state index in [0.29, 0.717) is 13.1 Å². The predicted octanol–water partition coefficient (Wildman–Crippen LogP) is 1.54. The number of hydrogen-bond acceptors (Lipinski definition) is 2. The molecular formula is C11H16F2N2. The van der Waals surface area contributed by atoms with Crippen LogP contribution in [0, 0.1) is 0 Å². The van der Waals surface area contributed by atoms with Crippen molar-refractivity contribution in [2.75, 3.05) is 13.1 Å². The van der Waals surface area contributed by atoms with E-state index >= 15 is 0 Å². The summed E-state index contributed by atoms with van der Waals surface area (Å²) in [7, 11) is 0. The average molecular weight is 214 g/mol. The molecule has 0 atom stereocenters. The van der Waals surface area contributed by atoms with E-state index < -0.39 is 6.43 Å². The molecule has 0 radical (unpaired) electrons. The molecule has 0 aromatic heterocycles. The van der Waals surface area contributed by atoms with Gasteiger partial charge >= 0.3 is 0 Å². The monoisotopic (exact) mass is 214 g/mol. The van der Waals surface area contributed by atoms with Crippen molar-refractivity contribution in [3.05, 3.63) is 35.4 Å². The molecule has 0 aliphatic carbocycles. The number of nitrogens with one attached hydrogen (secondary N) is 1. The van der Waals surface area contributed by atoms with Crippen LogP contribution in [0.15, 0.2) is 24.3 Å². The highest BCUT2D eigenvalue weighted by Gasteiger charge is 2.00. The normalized spacial score (nSPS) is 10.9. The fraction of sp³-hybridized carbons (Fsp3) is 0.455. The van der Waals surface area contributed by atoms with Crippen molar-refractivity contribution in [3.8, 4) is 0 Å². The van der Waals surface area contributed by atoms with Gasteiger partial charge in [-0.1, -0.05) is 24.3 Å². The minimum Gasteiger partial charge on any atom is -0.330 e. The van der Waals surface area contributed by atoms with Gasteiger partial charge in [0.2, 0.25) is 0 Å². The van der Waals surface area contributed by atoms with Gasteiger partial charge < -0.3 is 11.1 Å². The minimum atomic E-state index is -2.29. The standard InChI is InChI=1S/C11H16F2N2/c12-11(13)8-15-7-10-3-1-9(2-4-10)5-6-14/h1-4,11,15H,5-8,14H2. The molecule has 0 saturated carbocycles. The van der Waals surface area contributed by atoms with Gasteiger partial charge in [-0.15, -0.1) is 0 Å². The third kappa shape index (κ3) is 4.85. The lowest BCUT2D eigenvalue weighted by Crippen LogP contribution is -2.20. The van der Waals surface area contributed by atoms with Crippen LogP contribution in [0.3, 0.4) is 0 Å². The van der Waals surface area contributed by atoms with Gasteiger partial charge in [0, 0.05) is 6.54 Å². The first-order valence-electron chi connectivity index (χ1n) is 4.99. The molecule has 15 heavy (non-hydrogen) atoms. The van der Waals surface area contributed by atoms with Crippen molar-refractivity contribution >= 4 is 0 Å². The maximum atomic E-state index is 11.8. The van der Waals surface area contributed by atoms with Crippen LogP contribution in [0.25, 0.3) is 0 Å². The minimum absolute atomic E-state index is 0.259. The van der Waals surface area contributed by atoms with Gasteiger partial charge in [-0.2, -0.15) is 0 Å². The highest BCUT2D eigenvalue weighted by atomic mass is 19.3. The molecule has 0 saturated heterocycles.